The number of carbonyl (C=O) groups is 3. The molecule has 3 aliphatic carbocycles. The number of carbonyl (C=O) groups excluding carboxylic acids is 2. The Balaban J connectivity index is 1.21. The Morgan fingerprint density at radius 1 is 1.06 bits per heavy atom. The molecule has 5 unspecified atom stereocenters. The van der Waals surface area contributed by atoms with Crippen molar-refractivity contribution in [2.24, 2.45) is 17.3 Å². The number of hydrogen-bond donors (Lipinski definition) is 3. The van der Waals surface area contributed by atoms with Gasteiger partial charge in [0.15, 0.2) is 0 Å². The average molecular weight is 477 g/mol. The zero-order valence-corrected chi connectivity index (χ0v) is 20.1. The largest absolute Gasteiger partial charge is 0.481 e. The molecule has 5 atom stereocenters. The molecule has 0 heterocycles. The molecule has 0 aliphatic heterocycles. The van der Waals surface area contributed by atoms with E-state index in [2.05, 4.69) is 34.9 Å². The van der Waals surface area contributed by atoms with Crippen LogP contribution >= 0.6 is 0 Å². The van der Waals surface area contributed by atoms with Gasteiger partial charge in [0.25, 0.3) is 0 Å². The summed E-state index contributed by atoms with van der Waals surface area (Å²) in [4.78, 5) is 37.5. The van der Waals surface area contributed by atoms with Crippen LogP contribution < -0.4 is 10.6 Å². The SMILES string of the molecule is CCC(C)C(NC(=O)OCC1c2ccccc2-c2ccccc21)C(=O)NC1CC2CC2(C(=O)O)C1. The van der Waals surface area contributed by atoms with E-state index < -0.39 is 23.5 Å². The van der Waals surface area contributed by atoms with Crippen LogP contribution in [0, 0.1) is 17.3 Å². The smallest absolute Gasteiger partial charge is 0.407 e. The Bertz CT molecular complexity index is 1120. The van der Waals surface area contributed by atoms with Gasteiger partial charge in [0.2, 0.25) is 5.91 Å². The molecular formula is C28H32N2O5. The highest BCUT2D eigenvalue weighted by molar-refractivity contribution is 5.87. The minimum absolute atomic E-state index is 0.0542. The van der Waals surface area contributed by atoms with Gasteiger partial charge >= 0.3 is 12.1 Å². The van der Waals surface area contributed by atoms with E-state index in [-0.39, 0.29) is 36.3 Å². The molecule has 0 saturated heterocycles. The molecule has 2 fully saturated rings. The Kier molecular flexibility index (Phi) is 6.03. The number of benzene rings is 2. The van der Waals surface area contributed by atoms with Gasteiger partial charge in [0, 0.05) is 12.0 Å². The number of rotatable bonds is 8. The highest BCUT2D eigenvalue weighted by Gasteiger charge is 2.65. The summed E-state index contributed by atoms with van der Waals surface area (Å²) in [5, 5.41) is 15.3. The number of carboxylic acid groups (broad SMARTS) is 1. The van der Waals surface area contributed by atoms with E-state index >= 15 is 0 Å². The number of nitrogens with one attached hydrogen (secondary N) is 2. The van der Waals surface area contributed by atoms with E-state index in [1.54, 1.807) is 0 Å². The number of carboxylic acids is 1. The lowest BCUT2D eigenvalue weighted by molar-refractivity contribution is -0.143. The molecule has 2 aromatic rings. The van der Waals surface area contributed by atoms with Crippen LogP contribution in [-0.2, 0) is 14.3 Å². The molecule has 2 saturated carbocycles. The highest BCUT2D eigenvalue weighted by Crippen LogP contribution is 2.63. The second kappa shape index (κ2) is 9.02. The van der Waals surface area contributed by atoms with Crippen LogP contribution in [0.2, 0.25) is 0 Å². The predicted octanol–water partition coefficient (Wildman–Crippen LogP) is 4.31. The normalized spacial score (nSPS) is 25.5. The standard InChI is InChI=1S/C28H32N2O5/c1-3-16(2)24(25(31)29-18-12-17-13-28(17,14-18)26(32)33)30-27(34)35-15-23-21-10-6-4-8-19(21)20-9-5-7-11-22(20)23/h4-11,16-18,23-24H,3,12-15H2,1-2H3,(H,29,31)(H,30,34)(H,32,33). The Labute approximate surface area is 205 Å². The van der Waals surface area contributed by atoms with Crippen LogP contribution in [0.15, 0.2) is 48.5 Å². The molecule has 0 spiro atoms. The van der Waals surface area contributed by atoms with Crippen LogP contribution in [0.4, 0.5) is 4.79 Å². The van der Waals surface area contributed by atoms with Gasteiger partial charge in [-0.15, -0.1) is 0 Å². The van der Waals surface area contributed by atoms with E-state index in [0.717, 1.165) is 22.3 Å². The maximum atomic E-state index is 13.1. The zero-order chi connectivity index (χ0) is 24.7. The molecule has 3 aliphatic rings. The fourth-order valence-electron chi connectivity index (χ4n) is 6.03. The third-order valence-electron chi connectivity index (χ3n) is 8.30. The molecule has 184 valence electrons. The van der Waals surface area contributed by atoms with Crippen molar-refractivity contribution >= 4 is 18.0 Å². The topological polar surface area (TPSA) is 105 Å². The third kappa shape index (κ3) is 4.17. The Morgan fingerprint density at radius 2 is 1.69 bits per heavy atom. The van der Waals surface area contributed by atoms with Gasteiger partial charge in [-0.05, 0) is 53.4 Å². The highest BCUT2D eigenvalue weighted by atomic mass is 16.5. The van der Waals surface area contributed by atoms with Crippen LogP contribution in [0.3, 0.4) is 0 Å². The summed E-state index contributed by atoms with van der Waals surface area (Å²) in [6, 6.07) is 15.4. The van der Waals surface area contributed by atoms with Crippen molar-refractivity contribution in [3.63, 3.8) is 0 Å². The molecule has 2 aromatic carbocycles. The lowest BCUT2D eigenvalue weighted by Crippen LogP contribution is -2.52. The summed E-state index contributed by atoms with van der Waals surface area (Å²) in [6.07, 6.45) is 1.91. The van der Waals surface area contributed by atoms with Crippen LogP contribution in [-0.4, -0.2) is 41.8 Å². The maximum Gasteiger partial charge on any atom is 0.407 e. The van der Waals surface area contributed by atoms with Gasteiger partial charge in [0.05, 0.1) is 5.41 Å². The van der Waals surface area contributed by atoms with Crippen molar-refractivity contribution < 1.29 is 24.2 Å². The summed E-state index contributed by atoms with van der Waals surface area (Å²) in [5.41, 5.74) is 3.91. The van der Waals surface area contributed by atoms with Crippen molar-refractivity contribution in [3.8, 4) is 11.1 Å². The summed E-state index contributed by atoms with van der Waals surface area (Å²) >= 11 is 0. The summed E-state index contributed by atoms with van der Waals surface area (Å²) < 4.78 is 5.65. The first-order valence-electron chi connectivity index (χ1n) is 12.5. The van der Waals surface area contributed by atoms with Crippen molar-refractivity contribution in [1.82, 2.24) is 10.6 Å². The molecule has 35 heavy (non-hydrogen) atoms. The maximum absolute atomic E-state index is 13.1. The van der Waals surface area contributed by atoms with E-state index in [4.69, 9.17) is 4.74 Å². The molecule has 0 aromatic heterocycles. The minimum atomic E-state index is -0.769. The first-order chi connectivity index (χ1) is 16.8. The first kappa shape index (κ1) is 23.4. The van der Waals surface area contributed by atoms with E-state index in [0.29, 0.717) is 25.7 Å². The quantitative estimate of drug-likeness (QED) is 0.527. The van der Waals surface area contributed by atoms with Gasteiger partial charge in [-0.2, -0.15) is 0 Å². The minimum Gasteiger partial charge on any atom is -0.481 e. The first-order valence-corrected chi connectivity index (χ1v) is 12.5. The van der Waals surface area contributed by atoms with Gasteiger partial charge < -0.3 is 20.5 Å². The van der Waals surface area contributed by atoms with Crippen molar-refractivity contribution in [2.75, 3.05) is 6.61 Å². The Hall–Kier alpha value is -3.35. The number of alkyl carbamates (subject to hydrolysis) is 1. The molecule has 7 heteroatoms. The van der Waals surface area contributed by atoms with Crippen LogP contribution in [0.1, 0.15) is 56.6 Å². The van der Waals surface area contributed by atoms with Crippen LogP contribution in [0.5, 0.6) is 0 Å². The van der Waals surface area contributed by atoms with Crippen LogP contribution in [0.25, 0.3) is 11.1 Å². The molecule has 0 bridgehead atoms. The molecule has 0 radical (unpaired) electrons. The number of ether oxygens (including phenoxy) is 1. The second-order valence-corrected chi connectivity index (χ2v) is 10.3. The van der Waals surface area contributed by atoms with Gasteiger partial charge in [0.1, 0.15) is 12.6 Å². The molecule has 7 nitrogen and oxygen atoms in total. The van der Waals surface area contributed by atoms with Gasteiger partial charge in [-0.1, -0.05) is 68.8 Å². The lowest BCUT2D eigenvalue weighted by Gasteiger charge is -2.26. The van der Waals surface area contributed by atoms with Crippen molar-refractivity contribution in [2.45, 2.75) is 57.5 Å². The average Bonchev–Trinajstić information content (AvgIpc) is 3.29. The summed E-state index contributed by atoms with van der Waals surface area (Å²) in [5.74, 6) is -1.06. The van der Waals surface area contributed by atoms with E-state index in [1.165, 1.54) is 0 Å². The lowest BCUT2D eigenvalue weighted by atomic mass is 9.97. The fraction of sp³-hybridized carbons (Fsp3) is 0.464. The number of aliphatic carboxylic acids is 1. The molecule has 2 amide bonds. The van der Waals surface area contributed by atoms with Crippen molar-refractivity contribution in [1.29, 1.82) is 0 Å². The predicted molar refractivity (Wildman–Crippen MR) is 131 cm³/mol. The molecule has 3 N–H and O–H groups in total. The molecule has 5 rings (SSSR count). The van der Waals surface area contributed by atoms with E-state index in [1.807, 2.05) is 38.1 Å². The second-order valence-electron chi connectivity index (χ2n) is 10.3. The van der Waals surface area contributed by atoms with Gasteiger partial charge in [-0.25, -0.2) is 4.79 Å². The number of amides is 2. The molecular weight excluding hydrogens is 444 g/mol. The number of fused-ring (bicyclic) bond motifs is 4. The van der Waals surface area contributed by atoms with Gasteiger partial charge in [-0.3, -0.25) is 9.59 Å². The number of hydrogen-bond acceptors (Lipinski definition) is 4. The third-order valence-corrected chi connectivity index (χ3v) is 8.30. The van der Waals surface area contributed by atoms with E-state index in [9.17, 15) is 19.5 Å². The summed E-state index contributed by atoms with van der Waals surface area (Å²) in [7, 11) is 0. The zero-order valence-electron chi connectivity index (χ0n) is 20.1. The summed E-state index contributed by atoms with van der Waals surface area (Å²) in [6.45, 7) is 4.06. The fourth-order valence-corrected chi connectivity index (χ4v) is 6.03. The monoisotopic (exact) mass is 476 g/mol. The Morgan fingerprint density at radius 3 is 2.26 bits per heavy atom. The van der Waals surface area contributed by atoms with Crippen molar-refractivity contribution in [3.05, 3.63) is 59.7 Å².